The first kappa shape index (κ1) is 11.9. The number of alkyl halides is 1. The maximum absolute atomic E-state index is 11.9. The van der Waals surface area contributed by atoms with Crippen LogP contribution in [0.15, 0.2) is 0 Å². The zero-order valence-corrected chi connectivity index (χ0v) is 9.98. The van der Waals surface area contributed by atoms with Crippen molar-refractivity contribution in [3.63, 3.8) is 0 Å². The van der Waals surface area contributed by atoms with Gasteiger partial charge in [-0.15, -0.1) is 11.6 Å². The Morgan fingerprint density at radius 2 is 1.88 bits per heavy atom. The monoisotopic (exact) mass is 245 g/mol. The molecule has 3 unspecified atom stereocenters. The van der Waals surface area contributed by atoms with E-state index >= 15 is 0 Å². The van der Waals surface area contributed by atoms with Crippen LogP contribution in [-0.2, 0) is 9.59 Å². The van der Waals surface area contributed by atoms with Crippen molar-refractivity contribution in [2.75, 3.05) is 12.4 Å². The van der Waals surface area contributed by atoms with Crippen LogP contribution in [-0.4, -0.2) is 40.3 Å². The van der Waals surface area contributed by atoms with Crippen molar-refractivity contribution in [2.24, 2.45) is 17.8 Å². The van der Waals surface area contributed by atoms with E-state index in [2.05, 4.69) is 6.92 Å². The molecule has 0 radical (unpaired) electrons. The molecule has 2 fully saturated rings. The van der Waals surface area contributed by atoms with E-state index in [-0.39, 0.29) is 36.1 Å². The Kier molecular flexibility index (Phi) is 3.22. The Morgan fingerprint density at radius 1 is 1.38 bits per heavy atom. The predicted octanol–water partition coefficient (Wildman–Crippen LogP) is 0.617. The van der Waals surface area contributed by atoms with Crippen LogP contribution in [0.25, 0.3) is 0 Å². The van der Waals surface area contributed by atoms with Crippen molar-refractivity contribution < 1.29 is 14.7 Å². The summed E-state index contributed by atoms with van der Waals surface area (Å²) in [4.78, 5) is 25.1. The van der Waals surface area contributed by atoms with E-state index < -0.39 is 6.10 Å². The molecular formula is C11H16ClNO3. The number of fused-ring (bicyclic) bond motifs is 1. The van der Waals surface area contributed by atoms with Crippen molar-refractivity contribution in [3.8, 4) is 0 Å². The van der Waals surface area contributed by atoms with Crippen LogP contribution in [0, 0.1) is 17.8 Å². The molecule has 2 aliphatic rings. The van der Waals surface area contributed by atoms with Crippen LogP contribution < -0.4 is 0 Å². The smallest absolute Gasteiger partial charge is 0.233 e. The van der Waals surface area contributed by atoms with Gasteiger partial charge in [0.1, 0.15) is 0 Å². The zero-order chi connectivity index (χ0) is 11.9. The summed E-state index contributed by atoms with van der Waals surface area (Å²) in [5.74, 6) is -0.0481. The highest BCUT2D eigenvalue weighted by atomic mass is 35.5. The molecular weight excluding hydrogens is 230 g/mol. The van der Waals surface area contributed by atoms with Gasteiger partial charge < -0.3 is 5.11 Å². The summed E-state index contributed by atoms with van der Waals surface area (Å²) in [6.45, 7) is 2.11. The minimum atomic E-state index is -0.814. The molecule has 2 amide bonds. The number of imide groups is 1. The van der Waals surface area contributed by atoms with Crippen molar-refractivity contribution in [1.29, 1.82) is 0 Å². The summed E-state index contributed by atoms with van der Waals surface area (Å²) in [5.41, 5.74) is 0. The van der Waals surface area contributed by atoms with Gasteiger partial charge in [0.25, 0.3) is 0 Å². The summed E-state index contributed by atoms with van der Waals surface area (Å²) in [6.07, 6.45) is 0.775. The SMILES string of the molecule is CC1CC2C(=O)N(CC(O)CCl)C(=O)C2C1. The van der Waals surface area contributed by atoms with Crippen LogP contribution in [0.4, 0.5) is 0 Å². The fraction of sp³-hybridized carbons (Fsp3) is 0.818. The van der Waals surface area contributed by atoms with Gasteiger partial charge in [0.05, 0.1) is 30.4 Å². The summed E-state index contributed by atoms with van der Waals surface area (Å²) in [6, 6.07) is 0. The van der Waals surface area contributed by atoms with Gasteiger partial charge in [-0.05, 0) is 18.8 Å². The highest BCUT2D eigenvalue weighted by Gasteiger charge is 2.51. The first-order valence-electron chi connectivity index (χ1n) is 5.63. The Bertz CT molecular complexity index is 296. The quantitative estimate of drug-likeness (QED) is 0.586. The third-order valence-corrected chi connectivity index (χ3v) is 3.89. The van der Waals surface area contributed by atoms with Crippen molar-refractivity contribution in [2.45, 2.75) is 25.9 Å². The number of carbonyl (C=O) groups is 2. The standard InChI is InChI=1S/C11H16ClNO3/c1-6-2-8-9(3-6)11(16)13(10(8)15)5-7(14)4-12/h6-9,14H,2-5H2,1H3. The summed E-state index contributed by atoms with van der Waals surface area (Å²) in [5, 5.41) is 9.39. The molecule has 1 saturated heterocycles. The number of hydrogen-bond donors (Lipinski definition) is 1. The molecule has 1 heterocycles. The Labute approximate surface area is 99.6 Å². The average Bonchev–Trinajstić information content (AvgIpc) is 2.73. The summed E-state index contributed by atoms with van der Waals surface area (Å²) >= 11 is 5.47. The minimum Gasteiger partial charge on any atom is -0.390 e. The van der Waals surface area contributed by atoms with Gasteiger partial charge in [-0.2, -0.15) is 0 Å². The molecule has 1 aliphatic heterocycles. The lowest BCUT2D eigenvalue weighted by Gasteiger charge is -2.19. The molecule has 0 bridgehead atoms. The second-order valence-corrected chi connectivity index (χ2v) is 5.19. The van der Waals surface area contributed by atoms with E-state index in [1.807, 2.05) is 0 Å². The molecule has 16 heavy (non-hydrogen) atoms. The molecule has 0 aromatic heterocycles. The predicted molar refractivity (Wildman–Crippen MR) is 58.8 cm³/mol. The molecule has 3 atom stereocenters. The minimum absolute atomic E-state index is 0.0442. The third-order valence-electron chi connectivity index (χ3n) is 3.54. The zero-order valence-electron chi connectivity index (χ0n) is 9.23. The van der Waals surface area contributed by atoms with Crippen molar-refractivity contribution in [3.05, 3.63) is 0 Å². The normalized spacial score (nSPS) is 35.7. The van der Waals surface area contributed by atoms with Crippen LogP contribution >= 0.6 is 11.6 Å². The van der Waals surface area contributed by atoms with Crippen LogP contribution in [0.1, 0.15) is 19.8 Å². The lowest BCUT2D eigenvalue weighted by Crippen LogP contribution is -2.39. The van der Waals surface area contributed by atoms with Crippen LogP contribution in [0.5, 0.6) is 0 Å². The number of aliphatic hydroxyl groups is 1. The molecule has 0 aromatic rings. The third kappa shape index (κ3) is 1.84. The van der Waals surface area contributed by atoms with Gasteiger partial charge in [0, 0.05) is 0 Å². The van der Waals surface area contributed by atoms with Crippen molar-refractivity contribution >= 4 is 23.4 Å². The van der Waals surface area contributed by atoms with Crippen LogP contribution in [0.2, 0.25) is 0 Å². The molecule has 2 rings (SSSR count). The van der Waals surface area contributed by atoms with Gasteiger partial charge in [-0.3, -0.25) is 14.5 Å². The fourth-order valence-electron chi connectivity index (χ4n) is 2.79. The molecule has 4 nitrogen and oxygen atoms in total. The van der Waals surface area contributed by atoms with Gasteiger partial charge in [0.2, 0.25) is 11.8 Å². The number of β-amino-alcohol motifs (C(OH)–C–C–N with tert-alkyl or cyclic N) is 1. The van der Waals surface area contributed by atoms with Gasteiger partial charge in [0.15, 0.2) is 0 Å². The van der Waals surface area contributed by atoms with Gasteiger partial charge >= 0.3 is 0 Å². The first-order valence-corrected chi connectivity index (χ1v) is 6.17. The second-order valence-electron chi connectivity index (χ2n) is 4.88. The lowest BCUT2D eigenvalue weighted by atomic mass is 10.00. The van der Waals surface area contributed by atoms with E-state index in [4.69, 9.17) is 11.6 Å². The Hall–Kier alpha value is -0.610. The first-order chi connectivity index (χ1) is 7.54. The Morgan fingerprint density at radius 3 is 2.31 bits per heavy atom. The van der Waals surface area contributed by atoms with E-state index in [0.29, 0.717) is 5.92 Å². The number of aliphatic hydroxyl groups excluding tert-OH is 1. The van der Waals surface area contributed by atoms with Gasteiger partial charge in [-0.1, -0.05) is 6.92 Å². The molecule has 1 saturated carbocycles. The average molecular weight is 246 g/mol. The largest absolute Gasteiger partial charge is 0.390 e. The topological polar surface area (TPSA) is 57.6 Å². The van der Waals surface area contributed by atoms with E-state index in [9.17, 15) is 14.7 Å². The van der Waals surface area contributed by atoms with Crippen molar-refractivity contribution in [1.82, 2.24) is 4.90 Å². The number of amides is 2. The molecule has 0 aromatic carbocycles. The van der Waals surface area contributed by atoms with Crippen LogP contribution in [0.3, 0.4) is 0 Å². The number of likely N-dealkylation sites (tertiary alicyclic amines) is 1. The highest BCUT2D eigenvalue weighted by molar-refractivity contribution is 6.18. The fourth-order valence-corrected chi connectivity index (χ4v) is 2.88. The molecule has 0 spiro atoms. The lowest BCUT2D eigenvalue weighted by molar-refractivity contribution is -0.141. The molecule has 90 valence electrons. The molecule has 1 N–H and O–H groups in total. The van der Waals surface area contributed by atoms with E-state index in [1.54, 1.807) is 0 Å². The Balaban J connectivity index is 2.08. The maximum atomic E-state index is 11.9. The number of nitrogens with zero attached hydrogens (tertiary/aromatic N) is 1. The summed E-state index contributed by atoms with van der Waals surface area (Å²) < 4.78 is 0. The molecule has 1 aliphatic carbocycles. The number of halogens is 1. The highest BCUT2D eigenvalue weighted by Crippen LogP contribution is 2.42. The number of hydrogen-bond acceptors (Lipinski definition) is 3. The maximum Gasteiger partial charge on any atom is 0.233 e. The molecule has 5 heteroatoms. The van der Waals surface area contributed by atoms with E-state index in [0.717, 1.165) is 12.8 Å². The number of carbonyl (C=O) groups excluding carboxylic acids is 2. The van der Waals surface area contributed by atoms with E-state index in [1.165, 1.54) is 4.90 Å². The second kappa shape index (κ2) is 4.34. The van der Waals surface area contributed by atoms with Gasteiger partial charge in [-0.25, -0.2) is 0 Å². The summed E-state index contributed by atoms with van der Waals surface area (Å²) in [7, 11) is 0. The number of rotatable bonds is 3.